The van der Waals surface area contributed by atoms with Gasteiger partial charge in [0.1, 0.15) is 5.82 Å². The van der Waals surface area contributed by atoms with E-state index in [1.54, 1.807) is 18.5 Å². The van der Waals surface area contributed by atoms with Gasteiger partial charge in [0.25, 0.3) is 0 Å². The fourth-order valence-corrected chi connectivity index (χ4v) is 2.52. The molecule has 0 fully saturated rings. The monoisotopic (exact) mass is 299 g/mol. The van der Waals surface area contributed by atoms with Crippen LogP contribution in [0, 0.1) is 5.13 Å². The molecule has 2 aromatic heterocycles. The van der Waals surface area contributed by atoms with Gasteiger partial charge in [0, 0.05) is 23.0 Å². The first-order valence-electron chi connectivity index (χ1n) is 6.55. The maximum absolute atomic E-state index is 12.9. The highest BCUT2D eigenvalue weighted by Gasteiger charge is 1.97. The molecular weight excluding hydrogens is 285 g/mol. The van der Waals surface area contributed by atoms with E-state index in [0.29, 0.717) is 6.54 Å². The summed E-state index contributed by atoms with van der Waals surface area (Å²) in [6.07, 6.45) is 7.43. The number of hydrogen-bond acceptors (Lipinski definition) is 3. The number of imidazole rings is 1. The van der Waals surface area contributed by atoms with Gasteiger partial charge in [-0.15, -0.1) is 11.3 Å². The Morgan fingerprint density at radius 3 is 2.67 bits per heavy atom. The van der Waals surface area contributed by atoms with Crippen LogP contribution >= 0.6 is 11.3 Å². The summed E-state index contributed by atoms with van der Waals surface area (Å²) in [7, 11) is 0. The summed E-state index contributed by atoms with van der Waals surface area (Å²) in [5.74, 6) is 0.902. The van der Waals surface area contributed by atoms with Crippen LogP contribution < -0.4 is 5.32 Å². The number of anilines is 1. The van der Waals surface area contributed by atoms with Gasteiger partial charge in [-0.2, -0.15) is 4.39 Å². The first-order valence-corrected chi connectivity index (χ1v) is 7.37. The molecule has 0 aliphatic rings. The predicted molar refractivity (Wildman–Crippen MR) is 85.6 cm³/mol. The molecular formula is C16H14FN3S. The van der Waals surface area contributed by atoms with E-state index in [2.05, 4.69) is 15.3 Å². The minimum atomic E-state index is -0.160. The number of hydrogen-bond donors (Lipinski definition) is 2. The maximum atomic E-state index is 12.9. The van der Waals surface area contributed by atoms with Gasteiger partial charge < -0.3 is 10.3 Å². The van der Waals surface area contributed by atoms with E-state index in [0.717, 1.165) is 33.3 Å². The van der Waals surface area contributed by atoms with Crippen molar-refractivity contribution in [2.45, 2.75) is 6.54 Å². The molecule has 0 aliphatic carbocycles. The predicted octanol–water partition coefficient (Wildman–Crippen LogP) is 4.39. The van der Waals surface area contributed by atoms with Crippen molar-refractivity contribution in [2.75, 3.05) is 5.32 Å². The minimum absolute atomic E-state index is 0.160. The number of nitrogens with one attached hydrogen (secondary N) is 2. The second-order valence-electron chi connectivity index (χ2n) is 4.49. The third-order valence-electron chi connectivity index (χ3n) is 2.96. The van der Waals surface area contributed by atoms with Crippen molar-refractivity contribution < 1.29 is 4.39 Å². The Balaban J connectivity index is 1.60. The zero-order valence-corrected chi connectivity index (χ0v) is 12.0. The lowest BCUT2D eigenvalue weighted by Gasteiger charge is -2.04. The molecule has 0 spiro atoms. The Hall–Kier alpha value is -2.40. The van der Waals surface area contributed by atoms with Gasteiger partial charge in [-0.25, -0.2) is 4.98 Å². The highest BCUT2D eigenvalue weighted by atomic mass is 32.1. The van der Waals surface area contributed by atoms with Crippen molar-refractivity contribution in [1.82, 2.24) is 9.97 Å². The average molecular weight is 299 g/mol. The number of aromatic nitrogens is 2. The maximum Gasteiger partial charge on any atom is 0.176 e. The van der Waals surface area contributed by atoms with Crippen molar-refractivity contribution in [2.24, 2.45) is 0 Å². The van der Waals surface area contributed by atoms with Crippen LogP contribution in [0.15, 0.2) is 48.8 Å². The summed E-state index contributed by atoms with van der Waals surface area (Å²) in [4.78, 5) is 8.11. The highest BCUT2D eigenvalue weighted by Crippen LogP contribution is 2.18. The van der Waals surface area contributed by atoms with Crippen LogP contribution in [0.4, 0.5) is 10.1 Å². The molecule has 1 aromatic carbocycles. The molecule has 3 nitrogen and oxygen atoms in total. The Kier molecular flexibility index (Phi) is 4.12. The molecule has 0 saturated carbocycles. The molecule has 3 rings (SSSR count). The van der Waals surface area contributed by atoms with E-state index < -0.39 is 0 Å². The number of H-pyrrole nitrogens is 1. The summed E-state index contributed by atoms with van der Waals surface area (Å²) in [6.45, 7) is 0.663. The second kappa shape index (κ2) is 6.37. The fourth-order valence-electron chi connectivity index (χ4n) is 1.89. The molecule has 3 aromatic rings. The number of halogens is 1. The van der Waals surface area contributed by atoms with E-state index in [9.17, 15) is 4.39 Å². The molecule has 0 aliphatic heterocycles. The third kappa shape index (κ3) is 3.79. The Morgan fingerprint density at radius 2 is 2.00 bits per heavy atom. The minimum Gasteiger partial charge on any atom is -0.378 e. The molecule has 0 bridgehead atoms. The van der Waals surface area contributed by atoms with Crippen molar-refractivity contribution in [3.8, 4) is 0 Å². The molecule has 0 unspecified atom stereocenters. The number of aromatic amines is 1. The Bertz CT molecular complexity index is 714. The lowest BCUT2D eigenvalue weighted by Crippen LogP contribution is -2.00. The quantitative estimate of drug-likeness (QED) is 0.733. The molecule has 5 heteroatoms. The number of benzene rings is 1. The standard InChI is InChI=1S/C16H14FN3S/c17-15-8-7-14(21-15)6-3-12-1-4-13(5-2-12)20-11-16-18-9-10-19-16/h1-10,20H,11H2,(H,18,19)/b6-3+. The van der Waals surface area contributed by atoms with Gasteiger partial charge in [0.2, 0.25) is 0 Å². The summed E-state index contributed by atoms with van der Waals surface area (Å²) in [5, 5.41) is 3.13. The molecule has 2 heterocycles. The van der Waals surface area contributed by atoms with Crippen LogP contribution in [0.2, 0.25) is 0 Å². The normalized spacial score (nSPS) is 11.1. The number of nitrogens with zero attached hydrogens (tertiary/aromatic N) is 1. The zero-order chi connectivity index (χ0) is 14.5. The fraction of sp³-hybridized carbons (Fsp3) is 0.0625. The van der Waals surface area contributed by atoms with E-state index in [-0.39, 0.29) is 5.13 Å². The molecule has 0 radical (unpaired) electrons. The second-order valence-corrected chi connectivity index (χ2v) is 5.55. The Labute approximate surface area is 126 Å². The van der Waals surface area contributed by atoms with Crippen LogP contribution in [-0.2, 0) is 6.54 Å². The van der Waals surface area contributed by atoms with Gasteiger partial charge >= 0.3 is 0 Å². The smallest absolute Gasteiger partial charge is 0.176 e. The largest absolute Gasteiger partial charge is 0.378 e. The van der Waals surface area contributed by atoms with Crippen molar-refractivity contribution >= 4 is 29.2 Å². The van der Waals surface area contributed by atoms with Crippen LogP contribution in [0.25, 0.3) is 12.2 Å². The zero-order valence-electron chi connectivity index (χ0n) is 11.2. The lowest BCUT2D eigenvalue weighted by molar-refractivity contribution is 0.657. The molecule has 0 atom stereocenters. The summed E-state index contributed by atoms with van der Waals surface area (Å²) in [6, 6.07) is 11.3. The van der Waals surface area contributed by atoms with Crippen molar-refractivity contribution in [3.05, 3.63) is 70.2 Å². The topological polar surface area (TPSA) is 40.7 Å². The molecule has 0 saturated heterocycles. The van der Waals surface area contributed by atoms with E-state index in [4.69, 9.17) is 0 Å². The first-order chi connectivity index (χ1) is 10.3. The number of thiophene rings is 1. The van der Waals surface area contributed by atoms with Crippen molar-refractivity contribution in [3.63, 3.8) is 0 Å². The van der Waals surface area contributed by atoms with Crippen molar-refractivity contribution in [1.29, 1.82) is 0 Å². The van der Waals surface area contributed by atoms with E-state index in [1.165, 1.54) is 6.07 Å². The van der Waals surface area contributed by atoms with E-state index >= 15 is 0 Å². The van der Waals surface area contributed by atoms with Crippen LogP contribution in [0.3, 0.4) is 0 Å². The SMILES string of the molecule is Fc1ccc(/C=C/c2ccc(NCc3ncc[nH]3)cc2)s1. The molecule has 2 N–H and O–H groups in total. The number of rotatable bonds is 5. The van der Waals surface area contributed by atoms with E-state index in [1.807, 2.05) is 36.4 Å². The van der Waals surface area contributed by atoms with Gasteiger partial charge in [-0.1, -0.05) is 18.2 Å². The summed E-state index contributed by atoms with van der Waals surface area (Å²) >= 11 is 1.14. The summed E-state index contributed by atoms with van der Waals surface area (Å²) in [5.41, 5.74) is 2.11. The summed E-state index contributed by atoms with van der Waals surface area (Å²) < 4.78 is 12.9. The van der Waals surface area contributed by atoms with Crippen LogP contribution in [-0.4, -0.2) is 9.97 Å². The van der Waals surface area contributed by atoms with Gasteiger partial charge in [-0.3, -0.25) is 0 Å². The molecule has 0 amide bonds. The lowest BCUT2D eigenvalue weighted by atomic mass is 10.2. The Morgan fingerprint density at radius 1 is 1.14 bits per heavy atom. The third-order valence-corrected chi connectivity index (χ3v) is 3.80. The molecule has 21 heavy (non-hydrogen) atoms. The van der Waals surface area contributed by atoms with Gasteiger partial charge in [0.05, 0.1) is 6.54 Å². The highest BCUT2D eigenvalue weighted by molar-refractivity contribution is 7.11. The van der Waals surface area contributed by atoms with Gasteiger partial charge in [0.15, 0.2) is 5.13 Å². The van der Waals surface area contributed by atoms with Gasteiger partial charge in [-0.05, 0) is 35.9 Å². The van der Waals surface area contributed by atoms with Crippen LogP contribution in [0.1, 0.15) is 16.3 Å². The first kappa shape index (κ1) is 13.6. The average Bonchev–Trinajstić information content (AvgIpc) is 3.15. The molecule has 106 valence electrons. The van der Waals surface area contributed by atoms with Crippen LogP contribution in [0.5, 0.6) is 0 Å².